The summed E-state index contributed by atoms with van der Waals surface area (Å²) in [6, 6.07) is 0. The highest BCUT2D eigenvalue weighted by atomic mass is 16.2. The Kier molecular flexibility index (Phi) is 1.14. The van der Waals surface area contributed by atoms with Gasteiger partial charge in [0.1, 0.15) is 0 Å². The Bertz CT molecular complexity index is 188. The number of carbonyl (C=O) groups is 2. The molecule has 1 rings (SSSR count). The van der Waals surface area contributed by atoms with Crippen LogP contribution in [0.2, 0.25) is 0 Å². The van der Waals surface area contributed by atoms with E-state index in [1.807, 2.05) is 0 Å². The Morgan fingerprint density at radius 2 is 1.67 bits per heavy atom. The minimum Gasteiger partial charge on any atom is -0.269 e. The standard InChI is InChI=1S/C5H2NO3/c7-3-6-4(8)1-2-5(6)9/h1-2H. The third-order valence-corrected chi connectivity index (χ3v) is 0.901. The Morgan fingerprint density at radius 1 is 1.22 bits per heavy atom. The molecule has 0 fully saturated rings. The highest BCUT2D eigenvalue weighted by Gasteiger charge is 2.22. The molecule has 0 aromatic rings. The SMILES string of the molecule is O=[C]N1C(=O)C=CC1=O. The second kappa shape index (κ2) is 1.81. The average Bonchev–Trinajstić information content (AvgIpc) is 2.12. The molecule has 3 amide bonds. The van der Waals surface area contributed by atoms with Gasteiger partial charge in [-0.15, -0.1) is 0 Å². The van der Waals surface area contributed by atoms with Crippen LogP contribution in [-0.2, 0) is 14.4 Å². The second-order valence-electron chi connectivity index (χ2n) is 1.44. The summed E-state index contributed by atoms with van der Waals surface area (Å²) < 4.78 is 0. The summed E-state index contributed by atoms with van der Waals surface area (Å²) in [5.74, 6) is -1.26. The average molecular weight is 124 g/mol. The van der Waals surface area contributed by atoms with Gasteiger partial charge in [0, 0.05) is 12.2 Å². The lowest BCUT2D eigenvalue weighted by molar-refractivity contribution is -0.132. The highest BCUT2D eigenvalue weighted by Crippen LogP contribution is 1.98. The van der Waals surface area contributed by atoms with Crippen molar-refractivity contribution < 1.29 is 14.4 Å². The first-order chi connectivity index (χ1) is 4.25. The number of amides is 3. The zero-order chi connectivity index (χ0) is 6.85. The lowest BCUT2D eigenvalue weighted by Crippen LogP contribution is -2.27. The van der Waals surface area contributed by atoms with Crippen molar-refractivity contribution in [1.82, 2.24) is 4.90 Å². The van der Waals surface area contributed by atoms with E-state index < -0.39 is 11.8 Å². The zero-order valence-electron chi connectivity index (χ0n) is 4.33. The fourth-order valence-corrected chi connectivity index (χ4v) is 0.490. The van der Waals surface area contributed by atoms with Crippen LogP contribution in [0.3, 0.4) is 0 Å². The molecule has 45 valence electrons. The van der Waals surface area contributed by atoms with Crippen molar-refractivity contribution >= 4 is 18.2 Å². The first-order valence-corrected chi connectivity index (χ1v) is 2.19. The molecule has 1 aliphatic heterocycles. The largest absolute Gasteiger partial charge is 0.327 e. The Labute approximate surface area is 50.7 Å². The Balaban J connectivity index is 2.87. The number of imide groups is 3. The maximum atomic E-state index is 10.4. The van der Waals surface area contributed by atoms with Crippen LogP contribution in [0.15, 0.2) is 12.2 Å². The van der Waals surface area contributed by atoms with E-state index in [-0.39, 0.29) is 0 Å². The molecule has 1 heterocycles. The monoisotopic (exact) mass is 124 g/mol. The number of hydrogen-bond donors (Lipinski definition) is 0. The second-order valence-corrected chi connectivity index (χ2v) is 1.44. The van der Waals surface area contributed by atoms with E-state index in [1.54, 1.807) is 0 Å². The zero-order valence-corrected chi connectivity index (χ0v) is 4.33. The van der Waals surface area contributed by atoms with Crippen LogP contribution in [-0.4, -0.2) is 23.1 Å². The van der Waals surface area contributed by atoms with Gasteiger partial charge in [0.05, 0.1) is 0 Å². The van der Waals surface area contributed by atoms with Crippen LogP contribution in [0, 0.1) is 0 Å². The van der Waals surface area contributed by atoms with Crippen LogP contribution in [0.4, 0.5) is 0 Å². The molecule has 0 N–H and O–H groups in total. The van der Waals surface area contributed by atoms with Crippen molar-refractivity contribution in [3.05, 3.63) is 12.2 Å². The first-order valence-electron chi connectivity index (χ1n) is 2.19. The molecule has 9 heavy (non-hydrogen) atoms. The summed E-state index contributed by atoms with van der Waals surface area (Å²) in [6.45, 7) is 0. The van der Waals surface area contributed by atoms with Crippen molar-refractivity contribution in [2.45, 2.75) is 0 Å². The van der Waals surface area contributed by atoms with E-state index in [2.05, 4.69) is 0 Å². The van der Waals surface area contributed by atoms with E-state index in [9.17, 15) is 14.4 Å². The minimum absolute atomic E-state index is 0.375. The number of rotatable bonds is 1. The molecule has 0 aliphatic carbocycles. The highest BCUT2D eigenvalue weighted by molar-refractivity contribution is 6.19. The molecular weight excluding hydrogens is 122 g/mol. The minimum atomic E-state index is -0.630. The van der Waals surface area contributed by atoms with Gasteiger partial charge in [0.15, 0.2) is 0 Å². The lowest BCUT2D eigenvalue weighted by atomic mass is 10.6. The van der Waals surface area contributed by atoms with Gasteiger partial charge in [0.25, 0.3) is 11.8 Å². The van der Waals surface area contributed by atoms with E-state index in [0.29, 0.717) is 4.90 Å². The van der Waals surface area contributed by atoms with Crippen LogP contribution in [0.1, 0.15) is 0 Å². The molecule has 0 spiro atoms. The number of carbonyl (C=O) groups excluding carboxylic acids is 3. The summed E-state index contributed by atoms with van der Waals surface area (Å²) in [5.41, 5.74) is 0. The summed E-state index contributed by atoms with van der Waals surface area (Å²) in [4.78, 5) is 30.9. The molecule has 0 aromatic heterocycles. The van der Waals surface area contributed by atoms with Crippen molar-refractivity contribution in [1.29, 1.82) is 0 Å². The maximum Gasteiger partial charge on any atom is 0.327 e. The quantitative estimate of drug-likeness (QED) is 0.420. The van der Waals surface area contributed by atoms with Gasteiger partial charge >= 0.3 is 6.41 Å². The predicted octanol–water partition coefficient (Wildman–Crippen LogP) is -1.02. The Hall–Kier alpha value is -1.45. The first kappa shape index (κ1) is 5.68. The molecule has 1 aliphatic rings. The van der Waals surface area contributed by atoms with Crippen molar-refractivity contribution in [2.24, 2.45) is 0 Å². The number of hydrogen-bond acceptors (Lipinski definition) is 3. The fraction of sp³-hybridized carbons (Fsp3) is 0. The van der Waals surface area contributed by atoms with Crippen LogP contribution in [0.25, 0.3) is 0 Å². The number of nitrogens with zero attached hydrogens (tertiary/aromatic N) is 1. The molecule has 4 heteroatoms. The van der Waals surface area contributed by atoms with Crippen LogP contribution in [0.5, 0.6) is 0 Å². The van der Waals surface area contributed by atoms with Crippen LogP contribution < -0.4 is 0 Å². The fourth-order valence-electron chi connectivity index (χ4n) is 0.490. The predicted molar refractivity (Wildman–Crippen MR) is 26.7 cm³/mol. The summed E-state index contributed by atoms with van der Waals surface area (Å²) in [7, 11) is 0. The van der Waals surface area contributed by atoms with Gasteiger partial charge in [-0.3, -0.25) is 14.4 Å². The van der Waals surface area contributed by atoms with E-state index >= 15 is 0 Å². The van der Waals surface area contributed by atoms with Crippen LogP contribution >= 0.6 is 0 Å². The summed E-state index contributed by atoms with van der Waals surface area (Å²) in [6.07, 6.45) is 3.23. The maximum absolute atomic E-state index is 10.4. The molecule has 4 nitrogen and oxygen atoms in total. The molecular formula is C5H2NO3. The summed E-state index contributed by atoms with van der Waals surface area (Å²) in [5, 5.41) is 0. The van der Waals surface area contributed by atoms with Gasteiger partial charge in [-0.25, -0.2) is 4.90 Å². The molecule has 0 bridgehead atoms. The molecule has 0 aromatic carbocycles. The van der Waals surface area contributed by atoms with Gasteiger partial charge < -0.3 is 0 Å². The molecule has 1 radical (unpaired) electrons. The topological polar surface area (TPSA) is 54.5 Å². The third-order valence-electron chi connectivity index (χ3n) is 0.901. The Morgan fingerprint density at radius 3 is 1.89 bits per heavy atom. The normalized spacial score (nSPS) is 17.1. The van der Waals surface area contributed by atoms with Gasteiger partial charge in [-0.2, -0.15) is 0 Å². The van der Waals surface area contributed by atoms with Gasteiger partial charge in [0.2, 0.25) is 0 Å². The third kappa shape index (κ3) is 0.739. The van der Waals surface area contributed by atoms with Crippen molar-refractivity contribution in [2.75, 3.05) is 0 Å². The van der Waals surface area contributed by atoms with Gasteiger partial charge in [-0.1, -0.05) is 0 Å². The lowest BCUT2D eigenvalue weighted by Gasteiger charge is -1.97. The van der Waals surface area contributed by atoms with E-state index in [1.165, 1.54) is 6.41 Å². The molecule has 0 saturated carbocycles. The smallest absolute Gasteiger partial charge is 0.269 e. The van der Waals surface area contributed by atoms with E-state index in [4.69, 9.17) is 0 Å². The molecule has 0 atom stereocenters. The summed E-state index contributed by atoms with van der Waals surface area (Å²) >= 11 is 0. The molecule has 0 saturated heterocycles. The molecule has 0 unspecified atom stereocenters. The van der Waals surface area contributed by atoms with Crippen molar-refractivity contribution in [3.63, 3.8) is 0 Å². The van der Waals surface area contributed by atoms with E-state index in [0.717, 1.165) is 12.2 Å². The van der Waals surface area contributed by atoms with Gasteiger partial charge in [-0.05, 0) is 0 Å². The van der Waals surface area contributed by atoms with Crippen molar-refractivity contribution in [3.8, 4) is 0 Å².